The highest BCUT2D eigenvalue weighted by atomic mass is 31.2. The van der Waals surface area contributed by atoms with E-state index in [1.54, 1.807) is 0 Å². The number of Topliss-reactive ketones (excluding diaryl/α,β-unsaturated/α-hetero) is 1. The van der Waals surface area contributed by atoms with Crippen molar-refractivity contribution >= 4 is 37.4 Å². The summed E-state index contributed by atoms with van der Waals surface area (Å²) >= 11 is 0. The maximum Gasteiger partial charge on any atom is 0.472 e. The number of ketones is 1. The predicted octanol–water partition coefficient (Wildman–Crippen LogP) is -0.899. The monoisotopic (exact) mass is 483 g/mol. The van der Waals surface area contributed by atoms with E-state index in [-0.39, 0.29) is 18.6 Å². The summed E-state index contributed by atoms with van der Waals surface area (Å²) in [6.07, 6.45) is -6.72. The molecule has 5 atom stereocenters. The van der Waals surface area contributed by atoms with Crippen LogP contribution in [0.2, 0.25) is 0 Å². The molecule has 1 rings (SSSR count). The van der Waals surface area contributed by atoms with Crippen LogP contribution in [0.25, 0.3) is 0 Å². The molecule has 0 unspecified atom stereocenters. The van der Waals surface area contributed by atoms with Gasteiger partial charge in [0.1, 0.15) is 24.5 Å². The zero-order chi connectivity index (χ0) is 24.6. The van der Waals surface area contributed by atoms with E-state index in [2.05, 4.69) is 9.84 Å². The SMILES string of the molecule is CC(=O)CCC(=O)N[C@H]1[C@@H](OP(=O)(O)O)O[C@H](COC(C)=O)[C@@H](OC(C)=O)[C@@H]1OC(C)=O. The maximum atomic E-state index is 12.3. The van der Waals surface area contributed by atoms with Crippen LogP contribution in [0.15, 0.2) is 0 Å². The lowest BCUT2D eigenvalue weighted by Gasteiger charge is -2.44. The minimum absolute atomic E-state index is 0.135. The van der Waals surface area contributed by atoms with Crippen molar-refractivity contribution < 1.29 is 61.8 Å². The number of phosphoric ester groups is 1. The van der Waals surface area contributed by atoms with E-state index in [1.165, 1.54) is 6.92 Å². The van der Waals surface area contributed by atoms with Gasteiger partial charge in [0, 0.05) is 33.6 Å². The van der Waals surface area contributed by atoms with Gasteiger partial charge in [-0.2, -0.15) is 0 Å². The van der Waals surface area contributed by atoms with Crippen LogP contribution in [0.1, 0.15) is 40.5 Å². The van der Waals surface area contributed by atoms with Crippen molar-refractivity contribution in [2.45, 2.75) is 71.2 Å². The van der Waals surface area contributed by atoms with Crippen molar-refractivity contribution in [2.24, 2.45) is 0 Å². The van der Waals surface area contributed by atoms with E-state index in [4.69, 9.17) is 18.9 Å². The number of hydrogen-bond acceptors (Lipinski definition) is 11. The second kappa shape index (κ2) is 12.0. The largest absolute Gasteiger partial charge is 0.472 e. The number of phosphoric acid groups is 1. The third-order valence-corrected chi connectivity index (χ3v) is 4.46. The molecule has 0 radical (unpaired) electrons. The molecule has 1 amide bonds. The van der Waals surface area contributed by atoms with Crippen molar-refractivity contribution in [3.63, 3.8) is 0 Å². The first-order chi connectivity index (χ1) is 14.7. The summed E-state index contributed by atoms with van der Waals surface area (Å²) < 4.78 is 36.7. The number of carbonyl (C=O) groups excluding carboxylic acids is 5. The van der Waals surface area contributed by atoms with Crippen LogP contribution in [-0.4, -0.2) is 76.6 Å². The molecule has 0 bridgehead atoms. The van der Waals surface area contributed by atoms with E-state index in [0.717, 1.165) is 20.8 Å². The molecule has 0 saturated carbocycles. The number of carbonyl (C=O) groups is 5. The number of rotatable bonds is 10. The van der Waals surface area contributed by atoms with E-state index in [1.807, 2.05) is 0 Å². The van der Waals surface area contributed by atoms with E-state index in [0.29, 0.717) is 0 Å². The molecule has 1 saturated heterocycles. The summed E-state index contributed by atoms with van der Waals surface area (Å²) in [4.78, 5) is 76.5. The lowest BCUT2D eigenvalue weighted by Crippen LogP contribution is -2.66. The fourth-order valence-electron chi connectivity index (χ4n) is 2.83. The van der Waals surface area contributed by atoms with Gasteiger partial charge in [-0.3, -0.25) is 23.7 Å². The molecule has 3 N–H and O–H groups in total. The zero-order valence-corrected chi connectivity index (χ0v) is 18.7. The molecule has 0 aromatic rings. The van der Waals surface area contributed by atoms with Crippen LogP contribution in [0.3, 0.4) is 0 Å². The maximum absolute atomic E-state index is 12.3. The predicted molar refractivity (Wildman–Crippen MR) is 101 cm³/mol. The molecular formula is C17H26NO13P. The third kappa shape index (κ3) is 9.83. The Hall–Kier alpha value is -2.38. The number of amides is 1. The van der Waals surface area contributed by atoms with E-state index >= 15 is 0 Å². The quantitative estimate of drug-likeness (QED) is 0.196. The molecule has 1 heterocycles. The summed E-state index contributed by atoms with van der Waals surface area (Å²) in [6, 6.07) is -1.57. The van der Waals surface area contributed by atoms with Gasteiger partial charge in [-0.25, -0.2) is 4.57 Å². The van der Waals surface area contributed by atoms with Crippen LogP contribution >= 0.6 is 7.82 Å². The highest BCUT2D eigenvalue weighted by Crippen LogP contribution is 2.41. The Morgan fingerprint density at radius 1 is 0.906 bits per heavy atom. The topological polar surface area (TPSA) is 201 Å². The van der Waals surface area contributed by atoms with Gasteiger partial charge in [0.05, 0.1) is 0 Å². The third-order valence-electron chi connectivity index (χ3n) is 3.97. The Morgan fingerprint density at radius 3 is 1.94 bits per heavy atom. The van der Waals surface area contributed by atoms with E-state index < -0.39 is 68.9 Å². The fourth-order valence-corrected chi connectivity index (χ4v) is 3.28. The van der Waals surface area contributed by atoms with Gasteiger partial charge in [-0.05, 0) is 6.92 Å². The molecule has 32 heavy (non-hydrogen) atoms. The highest BCUT2D eigenvalue weighted by Gasteiger charge is 2.52. The summed E-state index contributed by atoms with van der Waals surface area (Å²) in [5.41, 5.74) is 0. The van der Waals surface area contributed by atoms with Crippen molar-refractivity contribution in [3.05, 3.63) is 0 Å². The Bertz CT molecular complexity index is 778. The molecular weight excluding hydrogens is 457 g/mol. The second-order valence-corrected chi connectivity index (χ2v) is 8.08. The van der Waals surface area contributed by atoms with Gasteiger partial charge >= 0.3 is 25.7 Å². The van der Waals surface area contributed by atoms with Gasteiger partial charge in [0.2, 0.25) is 5.91 Å². The van der Waals surface area contributed by atoms with Gasteiger partial charge in [-0.1, -0.05) is 0 Å². The van der Waals surface area contributed by atoms with Crippen LogP contribution in [0.4, 0.5) is 0 Å². The Balaban J connectivity index is 3.36. The average Bonchev–Trinajstić information content (AvgIpc) is 2.61. The highest BCUT2D eigenvalue weighted by molar-refractivity contribution is 7.46. The molecule has 1 aliphatic heterocycles. The van der Waals surface area contributed by atoms with Crippen LogP contribution < -0.4 is 5.32 Å². The lowest BCUT2D eigenvalue weighted by molar-refractivity contribution is -0.260. The molecule has 0 aromatic heterocycles. The molecule has 0 aliphatic carbocycles. The smallest absolute Gasteiger partial charge is 0.463 e. The van der Waals surface area contributed by atoms with Gasteiger partial charge in [0.15, 0.2) is 18.5 Å². The summed E-state index contributed by atoms with van der Waals surface area (Å²) in [5.74, 6) is -3.53. The minimum Gasteiger partial charge on any atom is -0.463 e. The molecule has 0 spiro atoms. The van der Waals surface area contributed by atoms with E-state index in [9.17, 15) is 38.3 Å². The van der Waals surface area contributed by atoms with Crippen LogP contribution in [0.5, 0.6) is 0 Å². The Labute approximate surface area is 183 Å². The van der Waals surface area contributed by atoms with Gasteiger partial charge < -0.3 is 38.8 Å². The Morgan fingerprint density at radius 2 is 1.47 bits per heavy atom. The Kier molecular flexibility index (Phi) is 10.4. The van der Waals surface area contributed by atoms with Gasteiger partial charge in [-0.15, -0.1) is 0 Å². The number of esters is 3. The summed E-state index contributed by atoms with van der Waals surface area (Å²) in [5, 5.41) is 2.33. The van der Waals surface area contributed by atoms with Gasteiger partial charge in [0.25, 0.3) is 0 Å². The zero-order valence-electron chi connectivity index (χ0n) is 17.8. The first kappa shape index (κ1) is 27.7. The number of nitrogens with one attached hydrogen (secondary N) is 1. The summed E-state index contributed by atoms with van der Waals surface area (Å²) in [6.45, 7) is 3.82. The molecule has 1 fully saturated rings. The van der Waals surface area contributed by atoms with Crippen LogP contribution in [0, 0.1) is 0 Å². The first-order valence-electron chi connectivity index (χ1n) is 9.35. The summed E-state index contributed by atoms with van der Waals surface area (Å²) in [7, 11) is -5.20. The van der Waals surface area contributed by atoms with Crippen molar-refractivity contribution in [3.8, 4) is 0 Å². The molecule has 182 valence electrons. The molecule has 1 aliphatic rings. The fraction of sp³-hybridized carbons (Fsp3) is 0.706. The lowest BCUT2D eigenvalue weighted by atomic mass is 9.96. The molecule has 0 aromatic carbocycles. The average molecular weight is 483 g/mol. The van der Waals surface area contributed by atoms with Crippen molar-refractivity contribution in [1.82, 2.24) is 5.32 Å². The minimum atomic E-state index is -5.20. The van der Waals surface area contributed by atoms with Crippen LogP contribution in [-0.2, 0) is 52.0 Å². The standard InChI is InChI=1S/C17H26NO13P/c1-8(19)5-6-13(23)18-14-16(29-11(4)22)15(28-10(3)21)12(7-27-9(2)20)30-17(14)31-32(24,25)26/h12,14-17H,5-7H2,1-4H3,(H,18,23)(H2,24,25,26)/t12-,14-,15-,16-,17-/m1/s1. The van der Waals surface area contributed by atoms with Crippen molar-refractivity contribution in [1.29, 1.82) is 0 Å². The normalized spacial score (nSPS) is 25.4. The van der Waals surface area contributed by atoms with Crippen molar-refractivity contribution in [2.75, 3.05) is 6.61 Å². The first-order valence-corrected chi connectivity index (χ1v) is 10.9. The molecule has 14 nitrogen and oxygen atoms in total. The number of ether oxygens (including phenoxy) is 4. The molecule has 15 heteroatoms. The number of hydrogen-bond donors (Lipinski definition) is 3. The second-order valence-electron chi connectivity index (χ2n) is 6.88.